The summed E-state index contributed by atoms with van der Waals surface area (Å²) >= 11 is 5.43. The highest BCUT2D eigenvalue weighted by Gasteiger charge is 2.16. The molecule has 2 nitrogen and oxygen atoms in total. The SMILES string of the molecule is CCC1=CC(=O)C(Cl)=CC1=O. The molecule has 1 rings (SSSR count). The molecule has 0 saturated carbocycles. The largest absolute Gasteiger partial charge is 0.290 e. The molecule has 0 aromatic carbocycles. The second-order valence-corrected chi connectivity index (χ2v) is 2.65. The molecule has 0 saturated heterocycles. The molecule has 0 atom stereocenters. The first kappa shape index (κ1) is 8.21. The summed E-state index contributed by atoms with van der Waals surface area (Å²) in [4.78, 5) is 21.9. The van der Waals surface area contributed by atoms with Gasteiger partial charge in [0.05, 0.1) is 5.03 Å². The Bertz CT molecular complexity index is 274. The molecule has 0 amide bonds. The van der Waals surface area contributed by atoms with E-state index in [4.69, 9.17) is 11.6 Å². The summed E-state index contributed by atoms with van der Waals surface area (Å²) in [6.45, 7) is 1.82. The Morgan fingerprint density at radius 2 is 1.91 bits per heavy atom. The van der Waals surface area contributed by atoms with Gasteiger partial charge >= 0.3 is 0 Å². The molecule has 58 valence electrons. The van der Waals surface area contributed by atoms with E-state index in [-0.39, 0.29) is 16.6 Å². The van der Waals surface area contributed by atoms with Crippen LogP contribution in [0, 0.1) is 0 Å². The van der Waals surface area contributed by atoms with Gasteiger partial charge in [0.2, 0.25) is 0 Å². The summed E-state index contributed by atoms with van der Waals surface area (Å²) in [5.74, 6) is -0.430. The molecular weight excluding hydrogens is 164 g/mol. The van der Waals surface area contributed by atoms with Gasteiger partial charge in [0, 0.05) is 11.6 Å². The van der Waals surface area contributed by atoms with E-state index in [1.54, 1.807) is 0 Å². The van der Waals surface area contributed by atoms with E-state index in [1.807, 2.05) is 6.92 Å². The lowest BCUT2D eigenvalue weighted by Crippen LogP contribution is -2.09. The molecule has 0 N–H and O–H groups in total. The van der Waals surface area contributed by atoms with Gasteiger partial charge in [-0.2, -0.15) is 0 Å². The maximum absolute atomic E-state index is 11.0. The summed E-state index contributed by atoms with van der Waals surface area (Å²) in [5.41, 5.74) is 0.527. The molecule has 1 aliphatic rings. The monoisotopic (exact) mass is 170 g/mol. The Morgan fingerprint density at radius 1 is 1.27 bits per heavy atom. The molecule has 0 unspecified atom stereocenters. The van der Waals surface area contributed by atoms with Crippen LogP contribution in [0.15, 0.2) is 22.8 Å². The normalized spacial score (nSPS) is 18.0. The third-order valence-corrected chi connectivity index (χ3v) is 1.79. The van der Waals surface area contributed by atoms with Crippen molar-refractivity contribution in [2.45, 2.75) is 13.3 Å². The first-order chi connectivity index (χ1) is 5.15. The predicted octanol–water partition coefficient (Wildman–Crippen LogP) is 1.60. The number of hydrogen-bond acceptors (Lipinski definition) is 2. The molecule has 3 heteroatoms. The average molecular weight is 171 g/mol. The van der Waals surface area contributed by atoms with Crippen molar-refractivity contribution in [3.05, 3.63) is 22.8 Å². The van der Waals surface area contributed by atoms with Crippen LogP contribution in [0.1, 0.15) is 13.3 Å². The smallest absolute Gasteiger partial charge is 0.197 e. The van der Waals surface area contributed by atoms with E-state index in [9.17, 15) is 9.59 Å². The van der Waals surface area contributed by atoms with Crippen LogP contribution in [0.5, 0.6) is 0 Å². The molecular formula is C8H7ClO2. The summed E-state index contributed by atoms with van der Waals surface area (Å²) in [6, 6.07) is 0. The van der Waals surface area contributed by atoms with E-state index in [1.165, 1.54) is 12.2 Å². The molecule has 0 fully saturated rings. The van der Waals surface area contributed by atoms with Gasteiger partial charge in [0.25, 0.3) is 0 Å². The van der Waals surface area contributed by atoms with Crippen LogP contribution in [0.4, 0.5) is 0 Å². The highest BCUT2D eigenvalue weighted by atomic mass is 35.5. The summed E-state index contributed by atoms with van der Waals surface area (Å²) < 4.78 is 0. The van der Waals surface area contributed by atoms with Gasteiger partial charge in [0.1, 0.15) is 0 Å². The number of carbonyl (C=O) groups is 2. The second kappa shape index (κ2) is 3.01. The van der Waals surface area contributed by atoms with Crippen molar-refractivity contribution in [1.82, 2.24) is 0 Å². The fourth-order valence-corrected chi connectivity index (χ4v) is 1.01. The molecule has 0 bridgehead atoms. The van der Waals surface area contributed by atoms with Gasteiger partial charge in [-0.3, -0.25) is 9.59 Å². The number of rotatable bonds is 1. The zero-order valence-corrected chi connectivity index (χ0v) is 6.81. The lowest BCUT2D eigenvalue weighted by atomic mass is 10.0. The third kappa shape index (κ3) is 1.57. The molecule has 0 spiro atoms. The Kier molecular flexibility index (Phi) is 2.25. The summed E-state index contributed by atoms with van der Waals surface area (Å²) in [7, 11) is 0. The molecule has 0 heterocycles. The third-order valence-electron chi connectivity index (χ3n) is 1.50. The first-order valence-corrected chi connectivity index (χ1v) is 3.69. The number of ketones is 2. The van der Waals surface area contributed by atoms with Crippen molar-refractivity contribution in [3.8, 4) is 0 Å². The quantitative estimate of drug-likeness (QED) is 0.561. The Hall–Kier alpha value is -0.890. The number of hydrogen-bond donors (Lipinski definition) is 0. The molecule has 0 aromatic heterocycles. The van der Waals surface area contributed by atoms with Crippen LogP contribution in [0.25, 0.3) is 0 Å². The van der Waals surface area contributed by atoms with Gasteiger partial charge in [-0.05, 0) is 12.5 Å². The van der Waals surface area contributed by atoms with Crippen LogP contribution in [0.2, 0.25) is 0 Å². The predicted molar refractivity (Wildman–Crippen MR) is 42.3 cm³/mol. The highest BCUT2D eigenvalue weighted by molar-refractivity contribution is 6.47. The lowest BCUT2D eigenvalue weighted by Gasteiger charge is -2.04. The minimum absolute atomic E-state index is 0.00667. The summed E-state index contributed by atoms with van der Waals surface area (Å²) in [5, 5.41) is 0.00667. The van der Waals surface area contributed by atoms with Crippen molar-refractivity contribution in [2.24, 2.45) is 0 Å². The van der Waals surface area contributed by atoms with Crippen LogP contribution >= 0.6 is 11.6 Å². The molecule has 0 aromatic rings. The van der Waals surface area contributed by atoms with Gasteiger partial charge in [-0.25, -0.2) is 0 Å². The van der Waals surface area contributed by atoms with Crippen molar-refractivity contribution < 1.29 is 9.59 Å². The van der Waals surface area contributed by atoms with Gasteiger partial charge in [0.15, 0.2) is 11.6 Å². The van der Waals surface area contributed by atoms with E-state index in [2.05, 4.69) is 0 Å². The van der Waals surface area contributed by atoms with Gasteiger partial charge in [-0.15, -0.1) is 0 Å². The first-order valence-electron chi connectivity index (χ1n) is 3.31. The maximum Gasteiger partial charge on any atom is 0.197 e. The van der Waals surface area contributed by atoms with Crippen molar-refractivity contribution in [2.75, 3.05) is 0 Å². The van der Waals surface area contributed by atoms with Crippen LogP contribution in [0.3, 0.4) is 0 Å². The zero-order chi connectivity index (χ0) is 8.43. The summed E-state index contributed by atoms with van der Waals surface area (Å²) in [6.07, 6.45) is 3.04. The minimum Gasteiger partial charge on any atom is -0.290 e. The van der Waals surface area contributed by atoms with Crippen molar-refractivity contribution in [3.63, 3.8) is 0 Å². The molecule has 1 aliphatic carbocycles. The van der Waals surface area contributed by atoms with E-state index in [0.717, 1.165) is 0 Å². The van der Waals surface area contributed by atoms with Crippen LogP contribution < -0.4 is 0 Å². The van der Waals surface area contributed by atoms with Crippen molar-refractivity contribution >= 4 is 23.2 Å². The fourth-order valence-electron chi connectivity index (χ4n) is 0.854. The average Bonchev–Trinajstić information content (AvgIpc) is 1.97. The molecule has 0 aliphatic heterocycles. The number of halogens is 1. The topological polar surface area (TPSA) is 34.1 Å². The lowest BCUT2D eigenvalue weighted by molar-refractivity contribution is -0.114. The van der Waals surface area contributed by atoms with E-state index >= 15 is 0 Å². The maximum atomic E-state index is 11.0. The Labute approximate surface area is 69.5 Å². The minimum atomic E-state index is -0.275. The molecule has 0 radical (unpaired) electrons. The van der Waals surface area contributed by atoms with E-state index < -0.39 is 0 Å². The Balaban J connectivity index is 2.98. The van der Waals surface area contributed by atoms with Crippen molar-refractivity contribution in [1.29, 1.82) is 0 Å². The Morgan fingerprint density at radius 3 is 2.45 bits per heavy atom. The van der Waals surface area contributed by atoms with Crippen LogP contribution in [-0.4, -0.2) is 11.6 Å². The van der Waals surface area contributed by atoms with Crippen LogP contribution in [-0.2, 0) is 9.59 Å². The number of carbonyl (C=O) groups excluding carboxylic acids is 2. The fraction of sp³-hybridized carbons (Fsp3) is 0.250. The van der Waals surface area contributed by atoms with Gasteiger partial charge < -0.3 is 0 Å². The van der Waals surface area contributed by atoms with E-state index in [0.29, 0.717) is 12.0 Å². The standard InChI is InChI=1S/C8H7ClO2/c1-2-5-3-8(11)6(9)4-7(5)10/h3-4H,2H2,1H3. The molecule has 11 heavy (non-hydrogen) atoms. The second-order valence-electron chi connectivity index (χ2n) is 2.24. The zero-order valence-electron chi connectivity index (χ0n) is 6.06. The number of allylic oxidation sites excluding steroid dienone is 4. The van der Waals surface area contributed by atoms with Gasteiger partial charge in [-0.1, -0.05) is 18.5 Å². The highest BCUT2D eigenvalue weighted by Crippen LogP contribution is 2.16.